The van der Waals surface area contributed by atoms with Gasteiger partial charge < -0.3 is 9.84 Å². The number of ether oxygens (including phenoxy) is 1. The molecule has 0 spiro atoms. The lowest BCUT2D eigenvalue weighted by atomic mass is 10.0. The zero-order valence-electron chi connectivity index (χ0n) is 18.2. The average molecular weight is 475 g/mol. The van der Waals surface area contributed by atoms with Crippen molar-refractivity contribution in [3.8, 4) is 17.0 Å². The van der Waals surface area contributed by atoms with Gasteiger partial charge in [-0.25, -0.2) is 27.6 Å². The summed E-state index contributed by atoms with van der Waals surface area (Å²) in [6.45, 7) is 4.10. The van der Waals surface area contributed by atoms with Crippen molar-refractivity contribution < 1.29 is 32.2 Å². The van der Waals surface area contributed by atoms with Crippen LogP contribution in [0.2, 0.25) is 0 Å². The third kappa shape index (κ3) is 4.16. The van der Waals surface area contributed by atoms with Crippen molar-refractivity contribution in [2.45, 2.75) is 32.4 Å². The molecular weight excluding hydrogens is 454 g/mol. The second-order valence-electron chi connectivity index (χ2n) is 7.77. The molecule has 2 N–H and O–H groups in total. The fourth-order valence-electron chi connectivity index (χ4n) is 3.70. The molecule has 0 saturated carbocycles. The summed E-state index contributed by atoms with van der Waals surface area (Å²) in [4.78, 5) is 18.0. The van der Waals surface area contributed by atoms with Gasteiger partial charge in [-0.15, -0.1) is 0 Å². The fourth-order valence-corrected chi connectivity index (χ4v) is 3.70. The Labute approximate surface area is 192 Å². The van der Waals surface area contributed by atoms with E-state index in [-0.39, 0.29) is 16.6 Å². The largest absolute Gasteiger partial charge is 0.494 e. The van der Waals surface area contributed by atoms with Gasteiger partial charge in [0.15, 0.2) is 0 Å². The number of alkyl halides is 4. The van der Waals surface area contributed by atoms with E-state index in [4.69, 9.17) is 4.74 Å². The quantitative estimate of drug-likeness (QED) is 0.507. The van der Waals surface area contributed by atoms with Crippen molar-refractivity contribution >= 4 is 16.8 Å². The van der Waals surface area contributed by atoms with E-state index in [1.54, 1.807) is 49.4 Å². The summed E-state index contributed by atoms with van der Waals surface area (Å²) in [5.41, 5.74) is -0.254. The average Bonchev–Trinajstić information content (AvgIpc) is 3.18. The molecule has 0 aliphatic carbocycles. The maximum Gasteiger partial charge on any atom is 0.291 e. The van der Waals surface area contributed by atoms with Crippen molar-refractivity contribution in [3.63, 3.8) is 0 Å². The van der Waals surface area contributed by atoms with Gasteiger partial charge in [-0.05, 0) is 56.3 Å². The number of hydrazine groups is 1. The van der Waals surface area contributed by atoms with Crippen molar-refractivity contribution in [2.24, 2.45) is 0 Å². The Morgan fingerprint density at radius 1 is 1.15 bits per heavy atom. The number of aryl methyl sites for hydroxylation is 1. The van der Waals surface area contributed by atoms with Crippen LogP contribution in [0.3, 0.4) is 0 Å². The van der Waals surface area contributed by atoms with Gasteiger partial charge >= 0.3 is 0 Å². The molecule has 1 unspecified atom stereocenters. The van der Waals surface area contributed by atoms with Gasteiger partial charge in [0.2, 0.25) is 5.72 Å². The lowest BCUT2D eigenvalue weighted by Crippen LogP contribution is -2.56. The standard InChI is InChI=1S/C24H21F4N3O3/c1-3-34-15-7-5-14(6-8-15)19-11-17(16-10-13(2)4-9-18(16)29-19)22(32)31-24(33,23(27)28)12-20(30-31)21(25)26/h4-12,21,23,30,33H,3H2,1-2H3. The molecule has 2 aromatic carbocycles. The number of nitrogens with zero attached hydrogens (tertiary/aromatic N) is 2. The van der Waals surface area contributed by atoms with Gasteiger partial charge in [0, 0.05) is 17.0 Å². The molecule has 1 aliphatic rings. The molecule has 6 nitrogen and oxygen atoms in total. The number of amides is 1. The maximum atomic E-state index is 13.7. The highest BCUT2D eigenvalue weighted by molar-refractivity contribution is 6.07. The van der Waals surface area contributed by atoms with Crippen molar-refractivity contribution in [1.82, 2.24) is 15.4 Å². The number of aromatic nitrogens is 1. The number of allylic oxidation sites excluding steroid dienone is 1. The number of rotatable bonds is 6. The molecule has 0 bridgehead atoms. The minimum Gasteiger partial charge on any atom is -0.494 e. The van der Waals surface area contributed by atoms with Crippen LogP contribution in [0.15, 0.2) is 60.3 Å². The van der Waals surface area contributed by atoms with Crippen LogP contribution in [0.1, 0.15) is 22.8 Å². The van der Waals surface area contributed by atoms with E-state index in [2.05, 4.69) is 4.98 Å². The number of benzene rings is 2. The lowest BCUT2D eigenvalue weighted by Gasteiger charge is -2.32. The Kier molecular flexibility index (Phi) is 6.18. The molecule has 1 aliphatic heterocycles. The van der Waals surface area contributed by atoms with Crippen LogP contribution in [-0.2, 0) is 0 Å². The summed E-state index contributed by atoms with van der Waals surface area (Å²) < 4.78 is 59.3. The number of carbonyl (C=O) groups is 1. The van der Waals surface area contributed by atoms with Crippen LogP contribution in [0, 0.1) is 6.92 Å². The molecule has 34 heavy (non-hydrogen) atoms. The normalized spacial score (nSPS) is 17.9. The summed E-state index contributed by atoms with van der Waals surface area (Å²) in [6, 6.07) is 13.3. The number of pyridine rings is 1. The summed E-state index contributed by atoms with van der Waals surface area (Å²) >= 11 is 0. The van der Waals surface area contributed by atoms with Crippen LogP contribution in [0.5, 0.6) is 5.75 Å². The molecule has 2 heterocycles. The third-order valence-corrected chi connectivity index (χ3v) is 5.38. The number of aliphatic hydroxyl groups is 1. The molecule has 0 saturated heterocycles. The predicted molar refractivity (Wildman–Crippen MR) is 117 cm³/mol. The van der Waals surface area contributed by atoms with E-state index in [0.717, 1.165) is 5.56 Å². The topological polar surface area (TPSA) is 74.7 Å². The smallest absolute Gasteiger partial charge is 0.291 e. The molecule has 0 radical (unpaired) electrons. The van der Waals surface area contributed by atoms with E-state index >= 15 is 0 Å². The summed E-state index contributed by atoms with van der Waals surface area (Å²) in [5.74, 6) is -0.479. The number of fused-ring (bicyclic) bond motifs is 1. The number of halogens is 4. The highest BCUT2D eigenvalue weighted by atomic mass is 19.3. The second-order valence-corrected chi connectivity index (χ2v) is 7.77. The van der Waals surface area contributed by atoms with Gasteiger partial charge in [-0.2, -0.15) is 0 Å². The number of carbonyl (C=O) groups excluding carboxylic acids is 1. The minimum absolute atomic E-state index is 0.0897. The maximum absolute atomic E-state index is 13.7. The van der Waals surface area contributed by atoms with Gasteiger partial charge in [0.05, 0.1) is 29.1 Å². The van der Waals surface area contributed by atoms with Crippen LogP contribution >= 0.6 is 0 Å². The summed E-state index contributed by atoms with van der Waals surface area (Å²) in [5, 5.41) is 10.9. The first-order valence-corrected chi connectivity index (χ1v) is 10.4. The molecule has 178 valence electrons. The van der Waals surface area contributed by atoms with Gasteiger partial charge in [-0.3, -0.25) is 10.2 Å². The fraction of sp³-hybridized carbons (Fsp3) is 0.250. The Morgan fingerprint density at radius 3 is 2.47 bits per heavy atom. The molecule has 1 amide bonds. The predicted octanol–water partition coefficient (Wildman–Crippen LogP) is 4.67. The molecule has 0 fully saturated rings. The molecule has 4 rings (SSSR count). The van der Waals surface area contributed by atoms with E-state index in [9.17, 15) is 27.5 Å². The van der Waals surface area contributed by atoms with Crippen LogP contribution in [-0.4, -0.2) is 46.2 Å². The highest BCUT2D eigenvalue weighted by Crippen LogP contribution is 2.34. The number of nitrogens with one attached hydrogen (secondary N) is 1. The Morgan fingerprint density at radius 2 is 1.85 bits per heavy atom. The van der Waals surface area contributed by atoms with E-state index in [0.29, 0.717) is 34.5 Å². The van der Waals surface area contributed by atoms with Gasteiger partial charge in [0.25, 0.3) is 18.8 Å². The van der Waals surface area contributed by atoms with Crippen molar-refractivity contribution in [2.75, 3.05) is 6.61 Å². The highest BCUT2D eigenvalue weighted by Gasteiger charge is 2.51. The van der Waals surface area contributed by atoms with Crippen LogP contribution in [0.25, 0.3) is 22.2 Å². The van der Waals surface area contributed by atoms with Crippen LogP contribution in [0.4, 0.5) is 17.6 Å². The lowest BCUT2D eigenvalue weighted by molar-refractivity contribution is -0.146. The number of hydrogen-bond acceptors (Lipinski definition) is 5. The minimum atomic E-state index is -3.54. The van der Waals surface area contributed by atoms with E-state index in [1.165, 1.54) is 6.07 Å². The molecule has 1 aromatic heterocycles. The van der Waals surface area contributed by atoms with Gasteiger partial charge in [0.1, 0.15) is 5.75 Å². The van der Waals surface area contributed by atoms with E-state index in [1.807, 2.05) is 12.3 Å². The first kappa shape index (κ1) is 23.5. The first-order chi connectivity index (χ1) is 16.1. The zero-order valence-corrected chi connectivity index (χ0v) is 18.2. The Balaban J connectivity index is 1.84. The zero-order chi connectivity index (χ0) is 24.6. The van der Waals surface area contributed by atoms with E-state index < -0.39 is 30.2 Å². The SMILES string of the molecule is CCOc1ccc(-c2cc(C(=O)N3NC(C(F)F)=CC3(O)C(F)F)c3cc(C)ccc3n2)cc1. The molecular formula is C24H21F4N3O3. The molecule has 10 heteroatoms. The third-order valence-electron chi connectivity index (χ3n) is 5.38. The number of hydrogen-bond donors (Lipinski definition) is 2. The second kappa shape index (κ2) is 8.94. The summed E-state index contributed by atoms with van der Waals surface area (Å²) in [6.07, 6.45) is -6.47. The molecule has 3 aromatic rings. The summed E-state index contributed by atoms with van der Waals surface area (Å²) in [7, 11) is 0. The first-order valence-electron chi connectivity index (χ1n) is 10.4. The Bertz CT molecular complexity index is 1260. The van der Waals surface area contributed by atoms with Crippen molar-refractivity contribution in [3.05, 3.63) is 71.4 Å². The Hall–Kier alpha value is -3.66. The van der Waals surface area contributed by atoms with Crippen molar-refractivity contribution in [1.29, 1.82) is 0 Å². The molecule has 1 atom stereocenters. The van der Waals surface area contributed by atoms with Crippen LogP contribution < -0.4 is 10.2 Å². The monoisotopic (exact) mass is 475 g/mol. The van der Waals surface area contributed by atoms with Gasteiger partial charge in [-0.1, -0.05) is 11.6 Å².